The van der Waals surface area contributed by atoms with Gasteiger partial charge in [0, 0.05) is 31.0 Å². The fourth-order valence-corrected chi connectivity index (χ4v) is 1.68. The summed E-state index contributed by atoms with van der Waals surface area (Å²) in [5, 5.41) is 2.93. The summed E-state index contributed by atoms with van der Waals surface area (Å²) in [4.78, 5) is 23.1. The second-order valence-electron chi connectivity index (χ2n) is 4.05. The van der Waals surface area contributed by atoms with E-state index in [1.165, 1.54) is 18.2 Å². The molecule has 0 aliphatic heterocycles. The molecular formula is C13H17ClN2O4. The van der Waals surface area contributed by atoms with E-state index in [1.807, 2.05) is 0 Å². The van der Waals surface area contributed by atoms with Crippen LogP contribution in [-0.4, -0.2) is 38.7 Å². The van der Waals surface area contributed by atoms with Crippen molar-refractivity contribution in [1.82, 2.24) is 5.32 Å². The van der Waals surface area contributed by atoms with Gasteiger partial charge in [-0.05, 0) is 24.6 Å². The summed E-state index contributed by atoms with van der Waals surface area (Å²) in [5.41, 5.74) is 6.13. The van der Waals surface area contributed by atoms with Gasteiger partial charge in [0.2, 0.25) is 0 Å². The molecule has 0 aliphatic carbocycles. The molecule has 110 valence electrons. The summed E-state index contributed by atoms with van der Waals surface area (Å²) in [6.07, 6.45) is 0.695. The molecule has 1 aromatic carbocycles. The average molecular weight is 301 g/mol. The summed E-state index contributed by atoms with van der Waals surface area (Å²) < 4.78 is 9.70. The van der Waals surface area contributed by atoms with Crippen LogP contribution in [0.4, 0.5) is 5.69 Å². The minimum absolute atomic E-state index is 0.210. The van der Waals surface area contributed by atoms with Gasteiger partial charge < -0.3 is 20.5 Å². The Kier molecular flexibility index (Phi) is 6.83. The van der Waals surface area contributed by atoms with Crippen LogP contribution in [0.25, 0.3) is 0 Å². The van der Waals surface area contributed by atoms with Crippen molar-refractivity contribution in [3.8, 4) is 0 Å². The summed E-state index contributed by atoms with van der Waals surface area (Å²) >= 11 is 5.78. The number of anilines is 1. The van der Waals surface area contributed by atoms with Crippen LogP contribution in [0, 0.1) is 0 Å². The number of benzene rings is 1. The highest BCUT2D eigenvalue weighted by Gasteiger charge is 2.11. The van der Waals surface area contributed by atoms with Gasteiger partial charge in [0.1, 0.15) is 0 Å². The topological polar surface area (TPSA) is 90.6 Å². The van der Waals surface area contributed by atoms with Crippen LogP contribution in [-0.2, 0) is 14.3 Å². The molecule has 0 atom stereocenters. The molecule has 1 rings (SSSR count). The van der Waals surface area contributed by atoms with Crippen LogP contribution in [0.15, 0.2) is 18.2 Å². The number of carbonyl (C=O) groups excluding carboxylic acids is 2. The molecular weight excluding hydrogens is 284 g/mol. The third-order valence-corrected chi connectivity index (χ3v) is 2.56. The maximum atomic E-state index is 11.7. The van der Waals surface area contributed by atoms with Crippen molar-refractivity contribution in [2.75, 3.05) is 32.6 Å². The van der Waals surface area contributed by atoms with E-state index in [2.05, 4.69) is 5.32 Å². The number of methoxy groups -OCH3 is 1. The highest BCUT2D eigenvalue weighted by atomic mass is 35.5. The lowest BCUT2D eigenvalue weighted by Crippen LogP contribution is -2.30. The molecule has 0 unspecified atom stereocenters. The summed E-state index contributed by atoms with van der Waals surface area (Å²) in [5.74, 6) is -1.02. The quantitative estimate of drug-likeness (QED) is 0.449. The van der Waals surface area contributed by atoms with Crippen molar-refractivity contribution in [3.05, 3.63) is 28.8 Å². The first kappa shape index (κ1) is 16.3. The zero-order valence-corrected chi connectivity index (χ0v) is 11.9. The van der Waals surface area contributed by atoms with Gasteiger partial charge in [-0.25, -0.2) is 4.79 Å². The van der Waals surface area contributed by atoms with E-state index in [9.17, 15) is 9.59 Å². The molecule has 0 aromatic heterocycles. The molecule has 3 N–H and O–H groups in total. The SMILES string of the molecule is COCCCNC(=O)COC(=O)c1cc(N)cc(Cl)c1. The Bertz CT molecular complexity index is 459. The van der Waals surface area contributed by atoms with Crippen molar-refractivity contribution in [1.29, 1.82) is 0 Å². The van der Waals surface area contributed by atoms with Crippen LogP contribution in [0.2, 0.25) is 5.02 Å². The van der Waals surface area contributed by atoms with Gasteiger partial charge in [-0.3, -0.25) is 4.79 Å². The predicted molar refractivity (Wildman–Crippen MR) is 75.6 cm³/mol. The number of carbonyl (C=O) groups is 2. The highest BCUT2D eigenvalue weighted by Crippen LogP contribution is 2.17. The normalized spacial score (nSPS) is 10.1. The van der Waals surface area contributed by atoms with E-state index in [-0.39, 0.29) is 18.1 Å². The molecule has 0 aliphatic rings. The lowest BCUT2D eigenvalue weighted by molar-refractivity contribution is -0.124. The molecule has 20 heavy (non-hydrogen) atoms. The lowest BCUT2D eigenvalue weighted by Gasteiger charge is -2.07. The van der Waals surface area contributed by atoms with Crippen LogP contribution in [0.3, 0.4) is 0 Å². The average Bonchev–Trinajstić information content (AvgIpc) is 2.40. The number of rotatable bonds is 7. The molecule has 0 saturated carbocycles. The largest absolute Gasteiger partial charge is 0.452 e. The predicted octanol–water partition coefficient (Wildman–Crippen LogP) is 1.23. The van der Waals surface area contributed by atoms with Crippen molar-refractivity contribution in [3.63, 3.8) is 0 Å². The van der Waals surface area contributed by atoms with Gasteiger partial charge in [0.05, 0.1) is 5.56 Å². The number of nitrogen functional groups attached to an aromatic ring is 1. The third-order valence-electron chi connectivity index (χ3n) is 2.34. The Hall–Kier alpha value is -1.79. The van der Waals surface area contributed by atoms with Crippen molar-refractivity contribution < 1.29 is 19.1 Å². The Labute approximate surface area is 122 Å². The number of esters is 1. The molecule has 1 amide bonds. The monoisotopic (exact) mass is 300 g/mol. The molecule has 7 heteroatoms. The van der Waals surface area contributed by atoms with E-state index in [0.29, 0.717) is 30.3 Å². The van der Waals surface area contributed by atoms with Crippen molar-refractivity contribution in [2.24, 2.45) is 0 Å². The van der Waals surface area contributed by atoms with Crippen LogP contribution >= 0.6 is 11.6 Å². The number of halogens is 1. The Morgan fingerprint density at radius 1 is 1.35 bits per heavy atom. The van der Waals surface area contributed by atoms with Crippen molar-refractivity contribution in [2.45, 2.75) is 6.42 Å². The standard InChI is InChI=1S/C13H17ClN2O4/c1-19-4-2-3-16-12(17)8-20-13(18)9-5-10(14)7-11(15)6-9/h5-7H,2-4,8,15H2,1H3,(H,16,17). The van der Waals surface area contributed by atoms with Gasteiger partial charge in [0.15, 0.2) is 6.61 Å². The Balaban J connectivity index is 2.37. The van der Waals surface area contributed by atoms with Crippen LogP contribution < -0.4 is 11.1 Å². The van der Waals surface area contributed by atoms with Gasteiger partial charge in [-0.15, -0.1) is 0 Å². The van der Waals surface area contributed by atoms with E-state index in [0.717, 1.165) is 0 Å². The molecule has 1 aromatic rings. The second-order valence-corrected chi connectivity index (χ2v) is 4.48. The summed E-state index contributed by atoms with van der Waals surface area (Å²) in [6.45, 7) is 0.675. The maximum Gasteiger partial charge on any atom is 0.338 e. The molecule has 0 saturated heterocycles. The molecule has 0 bridgehead atoms. The Morgan fingerprint density at radius 3 is 2.75 bits per heavy atom. The van der Waals surface area contributed by atoms with Crippen molar-refractivity contribution >= 4 is 29.2 Å². The third kappa shape index (κ3) is 5.90. The number of hydrogen-bond donors (Lipinski definition) is 2. The number of hydrogen-bond acceptors (Lipinski definition) is 5. The molecule has 0 fully saturated rings. The lowest BCUT2D eigenvalue weighted by atomic mass is 10.2. The van der Waals surface area contributed by atoms with Gasteiger partial charge in [-0.1, -0.05) is 11.6 Å². The molecule has 0 heterocycles. The number of ether oxygens (including phenoxy) is 2. The zero-order valence-electron chi connectivity index (χ0n) is 11.1. The molecule has 0 spiro atoms. The highest BCUT2D eigenvalue weighted by molar-refractivity contribution is 6.31. The minimum atomic E-state index is -0.647. The van der Waals surface area contributed by atoms with Gasteiger partial charge >= 0.3 is 5.97 Å². The van der Waals surface area contributed by atoms with Crippen LogP contribution in [0.5, 0.6) is 0 Å². The zero-order chi connectivity index (χ0) is 15.0. The van der Waals surface area contributed by atoms with E-state index in [4.69, 9.17) is 26.8 Å². The first-order chi connectivity index (χ1) is 9.52. The fraction of sp³-hybridized carbons (Fsp3) is 0.385. The smallest absolute Gasteiger partial charge is 0.338 e. The second kappa shape index (κ2) is 8.39. The van der Waals surface area contributed by atoms with E-state index < -0.39 is 5.97 Å². The molecule has 0 radical (unpaired) electrons. The minimum Gasteiger partial charge on any atom is -0.452 e. The van der Waals surface area contributed by atoms with Gasteiger partial charge in [-0.2, -0.15) is 0 Å². The molecule has 6 nitrogen and oxygen atoms in total. The van der Waals surface area contributed by atoms with Gasteiger partial charge in [0.25, 0.3) is 5.91 Å². The summed E-state index contributed by atoms with van der Waals surface area (Å²) in [6, 6.07) is 4.38. The van der Waals surface area contributed by atoms with E-state index in [1.54, 1.807) is 7.11 Å². The Morgan fingerprint density at radius 2 is 2.10 bits per heavy atom. The first-order valence-corrected chi connectivity index (χ1v) is 6.39. The number of nitrogens with two attached hydrogens (primary N) is 1. The van der Waals surface area contributed by atoms with E-state index >= 15 is 0 Å². The number of nitrogens with one attached hydrogen (secondary N) is 1. The maximum absolute atomic E-state index is 11.7. The van der Waals surface area contributed by atoms with Crippen LogP contribution in [0.1, 0.15) is 16.8 Å². The first-order valence-electron chi connectivity index (χ1n) is 6.01. The summed E-state index contributed by atoms with van der Waals surface area (Å²) in [7, 11) is 1.58. The number of amides is 1. The fourth-order valence-electron chi connectivity index (χ4n) is 1.44.